The van der Waals surface area contributed by atoms with Gasteiger partial charge >= 0.3 is 5.97 Å². The van der Waals surface area contributed by atoms with Crippen molar-refractivity contribution < 1.29 is 14.7 Å². The Morgan fingerprint density at radius 3 is 2.60 bits per heavy atom. The van der Waals surface area contributed by atoms with E-state index >= 15 is 0 Å². The van der Waals surface area contributed by atoms with E-state index in [9.17, 15) is 9.59 Å². The first-order chi connectivity index (χ1) is 9.56. The molecule has 0 aliphatic carbocycles. The third-order valence-corrected chi connectivity index (χ3v) is 3.12. The fourth-order valence-corrected chi connectivity index (χ4v) is 2.26. The molecule has 2 aromatic rings. The van der Waals surface area contributed by atoms with Crippen molar-refractivity contribution in [3.63, 3.8) is 0 Å². The van der Waals surface area contributed by atoms with Gasteiger partial charge in [-0.25, -0.2) is 0 Å². The normalized spacial score (nSPS) is 12.1. The molecule has 0 radical (unpaired) electrons. The van der Waals surface area contributed by atoms with Crippen LogP contribution in [0.1, 0.15) is 18.9 Å². The average Bonchev–Trinajstić information content (AvgIpc) is 2.38. The van der Waals surface area contributed by atoms with Crippen LogP contribution in [-0.4, -0.2) is 23.0 Å². The lowest BCUT2D eigenvalue weighted by atomic mass is 10.0. The summed E-state index contributed by atoms with van der Waals surface area (Å²) in [5, 5.41) is 13.5. The number of rotatable bonds is 5. The van der Waals surface area contributed by atoms with Gasteiger partial charge in [0.05, 0.1) is 12.8 Å². The van der Waals surface area contributed by atoms with Crippen LogP contribution in [0.5, 0.6) is 0 Å². The molecule has 2 aromatic carbocycles. The van der Waals surface area contributed by atoms with Crippen LogP contribution in [0, 0.1) is 0 Å². The van der Waals surface area contributed by atoms with Gasteiger partial charge in [0.15, 0.2) is 0 Å². The van der Waals surface area contributed by atoms with E-state index in [2.05, 4.69) is 5.32 Å². The molecule has 2 rings (SSSR count). The molecule has 0 aromatic heterocycles. The van der Waals surface area contributed by atoms with E-state index < -0.39 is 5.97 Å². The minimum atomic E-state index is -0.914. The lowest BCUT2D eigenvalue weighted by Gasteiger charge is -2.12. The molecule has 4 heteroatoms. The molecule has 1 atom stereocenters. The summed E-state index contributed by atoms with van der Waals surface area (Å²) in [5.41, 5.74) is 0.947. The second-order valence-electron chi connectivity index (χ2n) is 4.88. The van der Waals surface area contributed by atoms with Crippen molar-refractivity contribution in [3.05, 3.63) is 48.0 Å². The number of carboxylic acid groups (broad SMARTS) is 1. The molecule has 1 unspecified atom stereocenters. The zero-order valence-electron chi connectivity index (χ0n) is 11.3. The first kappa shape index (κ1) is 14.1. The van der Waals surface area contributed by atoms with E-state index in [1.807, 2.05) is 42.5 Å². The second kappa shape index (κ2) is 6.19. The summed E-state index contributed by atoms with van der Waals surface area (Å²) in [7, 11) is 0. The zero-order chi connectivity index (χ0) is 14.5. The van der Waals surface area contributed by atoms with Gasteiger partial charge in [-0.3, -0.25) is 9.59 Å². The monoisotopic (exact) mass is 271 g/mol. The maximum Gasteiger partial charge on any atom is 0.305 e. The fraction of sp³-hybridized carbons (Fsp3) is 0.250. The van der Waals surface area contributed by atoms with E-state index in [-0.39, 0.29) is 24.8 Å². The van der Waals surface area contributed by atoms with Gasteiger partial charge in [0, 0.05) is 6.04 Å². The SMILES string of the molecule is CC(CC(=O)O)NC(=O)Cc1cccc2ccccc12. The molecule has 20 heavy (non-hydrogen) atoms. The Morgan fingerprint density at radius 1 is 1.15 bits per heavy atom. The summed E-state index contributed by atoms with van der Waals surface area (Å²) in [4.78, 5) is 22.5. The molecule has 0 saturated carbocycles. The quantitative estimate of drug-likeness (QED) is 0.877. The molecule has 2 N–H and O–H groups in total. The summed E-state index contributed by atoms with van der Waals surface area (Å²) in [6.07, 6.45) is 0.187. The van der Waals surface area contributed by atoms with Crippen LogP contribution in [0.4, 0.5) is 0 Å². The van der Waals surface area contributed by atoms with E-state index in [0.717, 1.165) is 16.3 Å². The molecule has 0 heterocycles. The van der Waals surface area contributed by atoms with Crippen molar-refractivity contribution in [1.82, 2.24) is 5.32 Å². The lowest BCUT2D eigenvalue weighted by Crippen LogP contribution is -2.35. The Balaban J connectivity index is 2.08. The van der Waals surface area contributed by atoms with Gasteiger partial charge in [-0.1, -0.05) is 42.5 Å². The van der Waals surface area contributed by atoms with Crippen LogP contribution in [-0.2, 0) is 16.0 Å². The van der Waals surface area contributed by atoms with Gasteiger partial charge in [0.1, 0.15) is 0 Å². The van der Waals surface area contributed by atoms with Gasteiger partial charge in [-0.2, -0.15) is 0 Å². The standard InChI is InChI=1S/C16H17NO3/c1-11(9-16(19)20)17-15(18)10-13-7-4-6-12-5-2-3-8-14(12)13/h2-8,11H,9-10H2,1H3,(H,17,18)(H,19,20). The lowest BCUT2D eigenvalue weighted by molar-refractivity contribution is -0.137. The van der Waals surface area contributed by atoms with Crippen LogP contribution in [0.3, 0.4) is 0 Å². The minimum Gasteiger partial charge on any atom is -0.481 e. The fourth-order valence-electron chi connectivity index (χ4n) is 2.26. The predicted molar refractivity (Wildman–Crippen MR) is 77.5 cm³/mol. The van der Waals surface area contributed by atoms with Crippen molar-refractivity contribution in [2.75, 3.05) is 0 Å². The van der Waals surface area contributed by atoms with Gasteiger partial charge < -0.3 is 10.4 Å². The number of carbonyl (C=O) groups excluding carboxylic acids is 1. The number of benzene rings is 2. The number of aliphatic carboxylic acids is 1. The topological polar surface area (TPSA) is 66.4 Å². The minimum absolute atomic E-state index is 0.0682. The molecular weight excluding hydrogens is 254 g/mol. The third-order valence-electron chi connectivity index (χ3n) is 3.12. The number of fused-ring (bicyclic) bond motifs is 1. The summed E-state index contributed by atoms with van der Waals surface area (Å²) in [6, 6.07) is 13.4. The molecule has 0 spiro atoms. The van der Waals surface area contributed by atoms with Crippen molar-refractivity contribution in [2.24, 2.45) is 0 Å². The highest BCUT2D eigenvalue weighted by molar-refractivity contribution is 5.90. The molecule has 1 amide bonds. The van der Waals surface area contributed by atoms with E-state index in [1.54, 1.807) is 6.92 Å². The maximum atomic E-state index is 11.9. The van der Waals surface area contributed by atoms with Gasteiger partial charge in [0.25, 0.3) is 0 Å². The Hall–Kier alpha value is -2.36. The van der Waals surface area contributed by atoms with Crippen molar-refractivity contribution in [3.8, 4) is 0 Å². The third kappa shape index (κ3) is 3.57. The average molecular weight is 271 g/mol. The Kier molecular flexibility index (Phi) is 4.35. The number of hydrogen-bond donors (Lipinski definition) is 2. The molecule has 0 bridgehead atoms. The Morgan fingerprint density at radius 2 is 1.85 bits per heavy atom. The number of amides is 1. The van der Waals surface area contributed by atoms with Crippen LogP contribution < -0.4 is 5.32 Å². The van der Waals surface area contributed by atoms with Crippen molar-refractivity contribution >= 4 is 22.6 Å². The number of carboxylic acids is 1. The predicted octanol–water partition coefficient (Wildman–Crippen LogP) is 2.36. The largest absolute Gasteiger partial charge is 0.481 e. The summed E-state index contributed by atoms with van der Waals surface area (Å²) in [6.45, 7) is 1.69. The second-order valence-corrected chi connectivity index (χ2v) is 4.88. The Bertz CT molecular complexity index is 631. The van der Waals surface area contributed by atoms with Crippen LogP contribution in [0.25, 0.3) is 10.8 Å². The molecule has 0 aliphatic heterocycles. The van der Waals surface area contributed by atoms with E-state index in [4.69, 9.17) is 5.11 Å². The molecular formula is C16H17NO3. The highest BCUT2D eigenvalue weighted by Crippen LogP contribution is 2.18. The summed E-state index contributed by atoms with van der Waals surface area (Å²) < 4.78 is 0. The molecule has 4 nitrogen and oxygen atoms in total. The van der Waals surface area contributed by atoms with Crippen LogP contribution >= 0.6 is 0 Å². The summed E-state index contributed by atoms with van der Waals surface area (Å²) >= 11 is 0. The maximum absolute atomic E-state index is 11.9. The number of nitrogens with one attached hydrogen (secondary N) is 1. The molecule has 0 saturated heterocycles. The van der Waals surface area contributed by atoms with E-state index in [0.29, 0.717) is 0 Å². The van der Waals surface area contributed by atoms with Crippen molar-refractivity contribution in [2.45, 2.75) is 25.8 Å². The zero-order valence-corrected chi connectivity index (χ0v) is 11.3. The molecule has 0 aliphatic rings. The smallest absolute Gasteiger partial charge is 0.305 e. The first-order valence-corrected chi connectivity index (χ1v) is 6.54. The number of carbonyl (C=O) groups is 2. The molecule has 104 valence electrons. The van der Waals surface area contributed by atoms with Gasteiger partial charge in [-0.15, -0.1) is 0 Å². The highest BCUT2D eigenvalue weighted by atomic mass is 16.4. The Labute approximate surface area is 117 Å². The first-order valence-electron chi connectivity index (χ1n) is 6.54. The van der Waals surface area contributed by atoms with Crippen LogP contribution in [0.2, 0.25) is 0 Å². The van der Waals surface area contributed by atoms with Gasteiger partial charge in [0.2, 0.25) is 5.91 Å². The van der Waals surface area contributed by atoms with Gasteiger partial charge in [-0.05, 0) is 23.3 Å². The molecule has 0 fully saturated rings. The van der Waals surface area contributed by atoms with Crippen molar-refractivity contribution in [1.29, 1.82) is 0 Å². The van der Waals surface area contributed by atoms with E-state index in [1.165, 1.54) is 0 Å². The highest BCUT2D eigenvalue weighted by Gasteiger charge is 2.12. The number of hydrogen-bond acceptors (Lipinski definition) is 2. The summed E-state index contributed by atoms with van der Waals surface area (Å²) in [5.74, 6) is -1.07. The van der Waals surface area contributed by atoms with Crippen LogP contribution in [0.15, 0.2) is 42.5 Å².